The van der Waals surface area contributed by atoms with Crippen molar-refractivity contribution in [3.63, 3.8) is 0 Å². The lowest BCUT2D eigenvalue weighted by atomic mass is 9.79. The molecule has 0 spiro atoms. The molecule has 0 radical (unpaired) electrons. The number of hydrogen-bond donors (Lipinski definition) is 2. The number of carbonyl (C=O) groups excluding carboxylic acids is 1. The molecule has 126 valence electrons. The third-order valence-corrected chi connectivity index (χ3v) is 3.82. The minimum atomic E-state index is -0.410. The Morgan fingerprint density at radius 1 is 1.18 bits per heavy atom. The van der Waals surface area contributed by atoms with Crippen LogP contribution in [0.15, 0.2) is 30.3 Å². The van der Waals surface area contributed by atoms with Gasteiger partial charge in [-0.1, -0.05) is 58.0 Å². The molecular formula is C18H31ClN2O. The minimum absolute atomic E-state index is 0. The van der Waals surface area contributed by atoms with E-state index in [2.05, 4.69) is 57.3 Å². The molecule has 1 aromatic carbocycles. The van der Waals surface area contributed by atoms with Gasteiger partial charge >= 0.3 is 0 Å². The number of nitrogens with one attached hydrogen (secondary N) is 1. The van der Waals surface area contributed by atoms with Crippen LogP contribution in [0, 0.1) is 5.92 Å². The summed E-state index contributed by atoms with van der Waals surface area (Å²) in [7, 11) is 0. The van der Waals surface area contributed by atoms with Crippen molar-refractivity contribution in [2.45, 2.75) is 65.0 Å². The van der Waals surface area contributed by atoms with Crippen LogP contribution in [-0.2, 0) is 10.2 Å². The molecule has 0 saturated heterocycles. The molecule has 0 saturated carbocycles. The van der Waals surface area contributed by atoms with Crippen molar-refractivity contribution in [3.05, 3.63) is 35.9 Å². The highest BCUT2D eigenvalue weighted by Gasteiger charge is 2.25. The largest absolute Gasteiger partial charge is 0.352 e. The molecule has 3 nitrogen and oxygen atoms in total. The van der Waals surface area contributed by atoms with Crippen LogP contribution < -0.4 is 11.1 Å². The Kier molecular flexibility index (Phi) is 8.72. The van der Waals surface area contributed by atoms with Gasteiger partial charge in [-0.15, -0.1) is 12.4 Å². The summed E-state index contributed by atoms with van der Waals surface area (Å²) in [6.45, 7) is 10.6. The summed E-state index contributed by atoms with van der Waals surface area (Å²) in [5, 5.41) is 3.05. The van der Waals surface area contributed by atoms with Crippen LogP contribution in [0.4, 0.5) is 0 Å². The van der Waals surface area contributed by atoms with Crippen molar-refractivity contribution < 1.29 is 4.79 Å². The Bertz CT molecular complexity index is 446. The number of carbonyl (C=O) groups is 1. The van der Waals surface area contributed by atoms with Crippen molar-refractivity contribution in [2.24, 2.45) is 11.7 Å². The lowest BCUT2D eigenvalue weighted by Crippen LogP contribution is -2.46. The highest BCUT2D eigenvalue weighted by Crippen LogP contribution is 2.28. The van der Waals surface area contributed by atoms with Crippen LogP contribution >= 0.6 is 12.4 Å². The van der Waals surface area contributed by atoms with E-state index in [1.807, 2.05) is 13.0 Å². The zero-order chi connectivity index (χ0) is 16.0. The lowest BCUT2D eigenvalue weighted by molar-refractivity contribution is -0.123. The van der Waals surface area contributed by atoms with Crippen molar-refractivity contribution in [1.29, 1.82) is 0 Å². The molecule has 0 heterocycles. The molecule has 3 N–H and O–H groups in total. The van der Waals surface area contributed by atoms with Gasteiger partial charge in [0.2, 0.25) is 5.91 Å². The Morgan fingerprint density at radius 3 is 2.23 bits per heavy atom. The van der Waals surface area contributed by atoms with Gasteiger partial charge in [0.15, 0.2) is 0 Å². The SMILES string of the molecule is CC(C)C[C@H](N)C(=O)NC(C)CC(C)(C)c1ccccc1.Cl. The first-order chi connectivity index (χ1) is 9.72. The van der Waals surface area contributed by atoms with E-state index in [0.717, 1.165) is 12.8 Å². The first-order valence-electron chi connectivity index (χ1n) is 7.84. The lowest BCUT2D eigenvalue weighted by Gasteiger charge is -2.29. The van der Waals surface area contributed by atoms with Crippen molar-refractivity contribution in [3.8, 4) is 0 Å². The van der Waals surface area contributed by atoms with E-state index in [-0.39, 0.29) is 29.8 Å². The van der Waals surface area contributed by atoms with Gasteiger partial charge < -0.3 is 11.1 Å². The monoisotopic (exact) mass is 326 g/mol. The highest BCUT2D eigenvalue weighted by molar-refractivity contribution is 5.85. The predicted octanol–water partition coefficient (Wildman–Crippen LogP) is 3.65. The predicted molar refractivity (Wildman–Crippen MR) is 96.4 cm³/mol. The highest BCUT2D eigenvalue weighted by atomic mass is 35.5. The fourth-order valence-electron chi connectivity index (χ4n) is 2.79. The number of amides is 1. The quantitative estimate of drug-likeness (QED) is 0.803. The first kappa shape index (κ1) is 20.9. The average Bonchev–Trinajstić information content (AvgIpc) is 2.38. The van der Waals surface area contributed by atoms with Gasteiger partial charge in [-0.2, -0.15) is 0 Å². The van der Waals surface area contributed by atoms with Crippen molar-refractivity contribution in [1.82, 2.24) is 5.32 Å². The smallest absolute Gasteiger partial charge is 0.237 e. The van der Waals surface area contributed by atoms with Crippen LogP contribution in [-0.4, -0.2) is 18.0 Å². The summed E-state index contributed by atoms with van der Waals surface area (Å²) >= 11 is 0. The van der Waals surface area contributed by atoms with E-state index < -0.39 is 6.04 Å². The summed E-state index contributed by atoms with van der Waals surface area (Å²) < 4.78 is 0. The summed E-state index contributed by atoms with van der Waals surface area (Å²) in [5.41, 5.74) is 7.24. The summed E-state index contributed by atoms with van der Waals surface area (Å²) in [5.74, 6) is 0.391. The first-order valence-corrected chi connectivity index (χ1v) is 7.84. The van der Waals surface area contributed by atoms with E-state index in [4.69, 9.17) is 5.73 Å². The van der Waals surface area contributed by atoms with Gasteiger partial charge in [0.25, 0.3) is 0 Å². The third-order valence-electron chi connectivity index (χ3n) is 3.82. The fourth-order valence-corrected chi connectivity index (χ4v) is 2.79. The molecule has 0 aliphatic carbocycles. The Hall–Kier alpha value is -1.06. The second-order valence-electron chi connectivity index (χ2n) is 7.10. The molecule has 0 fully saturated rings. The molecule has 0 aliphatic rings. The topological polar surface area (TPSA) is 55.1 Å². The van der Waals surface area contributed by atoms with Gasteiger partial charge in [0.1, 0.15) is 0 Å². The number of benzene rings is 1. The molecule has 0 aromatic heterocycles. The van der Waals surface area contributed by atoms with Crippen LogP contribution in [0.5, 0.6) is 0 Å². The van der Waals surface area contributed by atoms with Crippen LogP contribution in [0.3, 0.4) is 0 Å². The summed E-state index contributed by atoms with van der Waals surface area (Å²) in [6, 6.07) is 10.1. The number of hydrogen-bond acceptors (Lipinski definition) is 2. The molecule has 2 atom stereocenters. The summed E-state index contributed by atoms with van der Waals surface area (Å²) in [4.78, 5) is 12.1. The zero-order valence-electron chi connectivity index (χ0n) is 14.4. The Morgan fingerprint density at radius 2 is 1.73 bits per heavy atom. The van der Waals surface area contributed by atoms with Crippen molar-refractivity contribution in [2.75, 3.05) is 0 Å². The molecular weight excluding hydrogens is 296 g/mol. The number of rotatable bonds is 7. The Balaban J connectivity index is 0.00000441. The number of nitrogens with two attached hydrogens (primary N) is 1. The maximum atomic E-state index is 12.1. The van der Waals surface area contributed by atoms with E-state index in [0.29, 0.717) is 5.92 Å². The maximum absolute atomic E-state index is 12.1. The van der Waals surface area contributed by atoms with E-state index in [9.17, 15) is 4.79 Å². The van der Waals surface area contributed by atoms with Gasteiger partial charge in [0.05, 0.1) is 6.04 Å². The second kappa shape index (κ2) is 9.16. The molecule has 22 heavy (non-hydrogen) atoms. The number of halogens is 1. The van der Waals surface area contributed by atoms with Crippen LogP contribution in [0.2, 0.25) is 0 Å². The third kappa shape index (κ3) is 6.80. The molecule has 0 bridgehead atoms. The van der Waals surface area contributed by atoms with E-state index in [1.165, 1.54) is 5.56 Å². The minimum Gasteiger partial charge on any atom is -0.352 e. The molecule has 1 amide bonds. The fraction of sp³-hybridized carbons (Fsp3) is 0.611. The van der Waals surface area contributed by atoms with Gasteiger partial charge in [0, 0.05) is 6.04 Å². The molecule has 1 rings (SSSR count). The van der Waals surface area contributed by atoms with Crippen LogP contribution in [0.25, 0.3) is 0 Å². The Labute approximate surface area is 141 Å². The van der Waals surface area contributed by atoms with Gasteiger partial charge in [-0.25, -0.2) is 0 Å². The molecule has 0 aliphatic heterocycles. The zero-order valence-corrected chi connectivity index (χ0v) is 15.2. The standard InChI is InChI=1S/C18H30N2O.ClH/c1-13(2)11-16(19)17(21)20-14(3)12-18(4,5)15-9-7-6-8-10-15;/h6-10,13-14,16H,11-12,19H2,1-5H3,(H,20,21);1H/t14?,16-;/m0./s1. The summed E-state index contributed by atoms with van der Waals surface area (Å²) in [6.07, 6.45) is 1.61. The second-order valence-corrected chi connectivity index (χ2v) is 7.10. The normalized spacial score (nSPS) is 14.1. The van der Waals surface area contributed by atoms with E-state index in [1.54, 1.807) is 0 Å². The van der Waals surface area contributed by atoms with E-state index >= 15 is 0 Å². The molecule has 4 heteroatoms. The molecule has 1 aromatic rings. The molecule has 1 unspecified atom stereocenters. The maximum Gasteiger partial charge on any atom is 0.237 e. The average molecular weight is 327 g/mol. The van der Waals surface area contributed by atoms with Gasteiger partial charge in [-0.05, 0) is 36.7 Å². The van der Waals surface area contributed by atoms with Gasteiger partial charge in [-0.3, -0.25) is 4.79 Å². The van der Waals surface area contributed by atoms with Crippen LogP contribution in [0.1, 0.15) is 53.0 Å². The van der Waals surface area contributed by atoms with Crippen molar-refractivity contribution >= 4 is 18.3 Å².